The first kappa shape index (κ1) is 12.8. The number of ether oxygens (including phenoxy) is 2. The van der Waals surface area contributed by atoms with Gasteiger partial charge in [-0.3, -0.25) is 0 Å². The summed E-state index contributed by atoms with van der Waals surface area (Å²) >= 11 is 0. The smallest absolute Gasteiger partial charge is 0.243 e. The molecule has 0 fully saturated rings. The maximum absolute atomic E-state index is 12.1. The molecule has 6 nitrogen and oxygen atoms in total. The van der Waals surface area contributed by atoms with Crippen LogP contribution in [-0.4, -0.2) is 45.8 Å². The van der Waals surface area contributed by atoms with Crippen molar-refractivity contribution < 1.29 is 22.7 Å². The fourth-order valence-corrected chi connectivity index (χ4v) is 2.68. The van der Waals surface area contributed by atoms with Crippen molar-refractivity contribution in [2.45, 2.75) is 4.90 Å². The summed E-state index contributed by atoms with van der Waals surface area (Å²) in [5.41, 5.74) is 0. The Morgan fingerprint density at radius 3 is 2.61 bits per heavy atom. The maximum Gasteiger partial charge on any atom is 0.243 e. The minimum Gasteiger partial charge on any atom is -0.486 e. The van der Waals surface area contributed by atoms with Crippen LogP contribution in [0.2, 0.25) is 0 Å². The second-order valence-corrected chi connectivity index (χ2v) is 5.80. The monoisotopic (exact) mass is 271 g/mol. The van der Waals surface area contributed by atoms with Gasteiger partial charge in [0.05, 0.1) is 11.4 Å². The van der Waals surface area contributed by atoms with Crippen LogP contribution < -0.4 is 9.47 Å². The molecule has 1 aromatic rings. The average molecular weight is 271 g/mol. The Labute approximate surface area is 105 Å². The highest BCUT2D eigenvalue weighted by Gasteiger charge is 2.23. The van der Waals surface area contributed by atoms with Gasteiger partial charge in [-0.25, -0.2) is 8.42 Å². The summed E-state index contributed by atoms with van der Waals surface area (Å²) in [6.07, 6.45) is 0.537. The molecule has 7 heteroatoms. The largest absolute Gasteiger partial charge is 0.486 e. The number of hydrogen-bond donors (Lipinski definition) is 0. The molecule has 2 rings (SSSR count). The summed E-state index contributed by atoms with van der Waals surface area (Å²) in [7, 11) is -2.32. The Balaban J connectivity index is 2.36. The molecule has 0 amide bonds. The van der Waals surface area contributed by atoms with Crippen molar-refractivity contribution in [3.8, 4) is 11.5 Å². The Hall–Kier alpha value is -1.60. The van der Waals surface area contributed by atoms with Crippen molar-refractivity contribution in [3.63, 3.8) is 0 Å². The minimum atomic E-state index is -3.67. The van der Waals surface area contributed by atoms with E-state index < -0.39 is 10.0 Å². The standard InChI is InChI=1S/C11H13NO5S/c1-12(4-5-13)18(14,15)9-2-3-10-11(8-9)17-7-6-16-10/h2-3,5,8H,4,6-7H2,1H3. The number of likely N-dealkylation sites (N-methyl/N-ethyl adjacent to an activating group) is 1. The van der Waals surface area contributed by atoms with Crippen LogP contribution in [-0.2, 0) is 14.8 Å². The van der Waals surface area contributed by atoms with Crippen LogP contribution >= 0.6 is 0 Å². The fourth-order valence-electron chi connectivity index (χ4n) is 1.57. The van der Waals surface area contributed by atoms with Crippen molar-refractivity contribution in [1.29, 1.82) is 0 Å². The van der Waals surface area contributed by atoms with E-state index in [0.29, 0.717) is 31.0 Å². The maximum atomic E-state index is 12.1. The molecule has 0 saturated carbocycles. The van der Waals surface area contributed by atoms with Crippen LogP contribution in [0.1, 0.15) is 0 Å². The number of carbonyl (C=O) groups is 1. The molecule has 0 N–H and O–H groups in total. The lowest BCUT2D eigenvalue weighted by molar-refractivity contribution is -0.107. The number of aldehydes is 1. The highest BCUT2D eigenvalue weighted by Crippen LogP contribution is 2.32. The van der Waals surface area contributed by atoms with Crippen LogP contribution in [0, 0.1) is 0 Å². The number of sulfonamides is 1. The predicted molar refractivity (Wildman–Crippen MR) is 63.3 cm³/mol. The van der Waals surface area contributed by atoms with Gasteiger partial charge in [-0.1, -0.05) is 0 Å². The Bertz CT molecular complexity index is 555. The molecule has 0 unspecified atom stereocenters. The van der Waals surface area contributed by atoms with Crippen LogP contribution in [0.5, 0.6) is 11.5 Å². The lowest BCUT2D eigenvalue weighted by Crippen LogP contribution is -2.28. The van der Waals surface area contributed by atoms with Gasteiger partial charge in [0.15, 0.2) is 11.5 Å². The van der Waals surface area contributed by atoms with Gasteiger partial charge in [-0.2, -0.15) is 4.31 Å². The van der Waals surface area contributed by atoms with E-state index in [1.54, 1.807) is 6.07 Å². The molecule has 98 valence electrons. The number of nitrogens with zero attached hydrogens (tertiary/aromatic N) is 1. The van der Waals surface area contributed by atoms with Crippen LogP contribution in [0.15, 0.2) is 23.1 Å². The quantitative estimate of drug-likeness (QED) is 0.735. The molecule has 0 bridgehead atoms. The van der Waals surface area contributed by atoms with Gasteiger partial charge in [0.1, 0.15) is 19.5 Å². The van der Waals surface area contributed by atoms with Crippen LogP contribution in [0.3, 0.4) is 0 Å². The lowest BCUT2D eigenvalue weighted by Gasteiger charge is -2.20. The summed E-state index contributed by atoms with van der Waals surface area (Å²) in [6.45, 7) is 0.654. The van der Waals surface area contributed by atoms with E-state index in [0.717, 1.165) is 4.31 Å². The Morgan fingerprint density at radius 1 is 1.28 bits per heavy atom. The zero-order valence-electron chi connectivity index (χ0n) is 9.83. The molecule has 1 aromatic carbocycles. The van der Waals surface area contributed by atoms with E-state index in [9.17, 15) is 13.2 Å². The topological polar surface area (TPSA) is 72.9 Å². The minimum absolute atomic E-state index is 0.0797. The molecule has 0 radical (unpaired) electrons. The van der Waals surface area contributed by atoms with Gasteiger partial charge < -0.3 is 14.3 Å². The van der Waals surface area contributed by atoms with E-state index in [-0.39, 0.29) is 11.4 Å². The van der Waals surface area contributed by atoms with Gasteiger partial charge >= 0.3 is 0 Å². The van der Waals surface area contributed by atoms with Crippen molar-refractivity contribution in [2.75, 3.05) is 26.8 Å². The van der Waals surface area contributed by atoms with Crippen molar-refractivity contribution in [2.24, 2.45) is 0 Å². The van der Waals surface area contributed by atoms with Gasteiger partial charge in [0.2, 0.25) is 10.0 Å². The molecule has 0 saturated heterocycles. The normalized spacial score (nSPS) is 14.6. The molecular weight excluding hydrogens is 258 g/mol. The molecule has 1 aliphatic heterocycles. The van der Waals surface area contributed by atoms with E-state index >= 15 is 0 Å². The number of benzene rings is 1. The van der Waals surface area contributed by atoms with E-state index in [4.69, 9.17) is 9.47 Å². The zero-order chi connectivity index (χ0) is 13.2. The van der Waals surface area contributed by atoms with Crippen LogP contribution in [0.25, 0.3) is 0 Å². The third kappa shape index (κ3) is 2.32. The molecular formula is C11H13NO5S. The van der Waals surface area contributed by atoms with Crippen molar-refractivity contribution >= 4 is 16.3 Å². The fraction of sp³-hybridized carbons (Fsp3) is 0.364. The Kier molecular flexibility index (Phi) is 3.53. The molecule has 1 heterocycles. The zero-order valence-corrected chi connectivity index (χ0v) is 10.6. The molecule has 1 aliphatic rings. The number of hydrogen-bond acceptors (Lipinski definition) is 5. The summed E-state index contributed by atoms with van der Waals surface area (Å²) in [4.78, 5) is 10.5. The lowest BCUT2D eigenvalue weighted by atomic mass is 10.3. The van der Waals surface area contributed by atoms with Gasteiger partial charge in [0.25, 0.3) is 0 Å². The van der Waals surface area contributed by atoms with Crippen molar-refractivity contribution in [3.05, 3.63) is 18.2 Å². The molecule has 0 aromatic heterocycles. The first-order valence-electron chi connectivity index (χ1n) is 5.35. The molecule has 0 aliphatic carbocycles. The van der Waals surface area contributed by atoms with Gasteiger partial charge in [-0.05, 0) is 12.1 Å². The summed E-state index contributed by atoms with van der Waals surface area (Å²) in [6, 6.07) is 4.39. The van der Waals surface area contributed by atoms with E-state index in [2.05, 4.69) is 0 Å². The molecule has 0 atom stereocenters. The first-order chi connectivity index (χ1) is 8.55. The number of fused-ring (bicyclic) bond motifs is 1. The van der Waals surface area contributed by atoms with Crippen molar-refractivity contribution in [1.82, 2.24) is 4.31 Å². The van der Waals surface area contributed by atoms with E-state index in [1.165, 1.54) is 19.2 Å². The molecule has 18 heavy (non-hydrogen) atoms. The summed E-state index contributed by atoms with van der Waals surface area (Å²) < 4.78 is 35.8. The SMILES string of the molecule is CN(CC=O)S(=O)(=O)c1ccc2c(c1)OCCO2. The van der Waals surface area contributed by atoms with Gasteiger partial charge in [-0.15, -0.1) is 0 Å². The third-order valence-electron chi connectivity index (χ3n) is 2.55. The average Bonchev–Trinajstić information content (AvgIpc) is 2.38. The number of rotatable bonds is 4. The predicted octanol–water partition coefficient (Wildman–Crippen LogP) is 0.277. The second kappa shape index (κ2) is 4.95. The highest BCUT2D eigenvalue weighted by atomic mass is 32.2. The van der Waals surface area contributed by atoms with Gasteiger partial charge in [0, 0.05) is 13.1 Å². The summed E-state index contributed by atoms with van der Waals surface area (Å²) in [5, 5.41) is 0. The summed E-state index contributed by atoms with van der Waals surface area (Å²) in [5.74, 6) is 0.931. The highest BCUT2D eigenvalue weighted by molar-refractivity contribution is 7.89. The van der Waals surface area contributed by atoms with Crippen LogP contribution in [0.4, 0.5) is 0 Å². The number of carbonyl (C=O) groups excluding carboxylic acids is 1. The Morgan fingerprint density at radius 2 is 1.94 bits per heavy atom. The molecule has 0 spiro atoms. The third-order valence-corrected chi connectivity index (χ3v) is 4.37. The van der Waals surface area contributed by atoms with E-state index in [1.807, 2.05) is 0 Å². The first-order valence-corrected chi connectivity index (χ1v) is 6.79. The second-order valence-electron chi connectivity index (χ2n) is 3.76.